The Kier molecular flexibility index (Phi) is 7.10. The van der Waals surface area contributed by atoms with Crippen molar-refractivity contribution < 1.29 is 9.59 Å². The number of hydrogen-bond donors (Lipinski definition) is 2. The number of aromatic nitrogens is 2. The van der Waals surface area contributed by atoms with Crippen LogP contribution in [0.15, 0.2) is 78.0 Å². The van der Waals surface area contributed by atoms with Gasteiger partial charge in [-0.05, 0) is 61.9 Å². The van der Waals surface area contributed by atoms with Crippen LogP contribution >= 0.6 is 11.8 Å². The van der Waals surface area contributed by atoms with Crippen LogP contribution < -0.4 is 5.32 Å². The van der Waals surface area contributed by atoms with Gasteiger partial charge < -0.3 is 15.2 Å². The van der Waals surface area contributed by atoms with Crippen molar-refractivity contribution in [1.82, 2.24) is 14.9 Å². The minimum atomic E-state index is -0.182. The number of H-pyrrole nitrogens is 1. The maximum absolute atomic E-state index is 13.0. The lowest BCUT2D eigenvalue weighted by Gasteiger charge is -2.18. The average molecular weight is 459 g/mol. The van der Waals surface area contributed by atoms with Gasteiger partial charge in [0.1, 0.15) is 0 Å². The van der Waals surface area contributed by atoms with E-state index < -0.39 is 0 Å². The van der Waals surface area contributed by atoms with Crippen LogP contribution in [0.3, 0.4) is 0 Å². The van der Waals surface area contributed by atoms with Crippen LogP contribution in [-0.2, 0) is 5.75 Å². The van der Waals surface area contributed by atoms with Crippen molar-refractivity contribution in [3.05, 3.63) is 89.5 Å². The fourth-order valence-electron chi connectivity index (χ4n) is 3.60. The number of nitrogens with one attached hydrogen (secondary N) is 2. The number of carbonyl (C=O) groups is 2. The summed E-state index contributed by atoms with van der Waals surface area (Å²) in [4.78, 5) is 35.1. The third-order valence-corrected chi connectivity index (χ3v) is 6.36. The van der Waals surface area contributed by atoms with Crippen molar-refractivity contribution >= 4 is 40.3 Å². The maximum Gasteiger partial charge on any atom is 0.255 e. The van der Waals surface area contributed by atoms with E-state index in [4.69, 9.17) is 0 Å². The first-order valence-corrected chi connectivity index (χ1v) is 11.9. The van der Waals surface area contributed by atoms with Gasteiger partial charge in [-0.25, -0.2) is 4.98 Å². The van der Waals surface area contributed by atoms with Gasteiger partial charge in [-0.2, -0.15) is 0 Å². The standard InChI is InChI=1S/C26H26N4O2S/c1-3-30(4-2)25(32)18-13-15-20(16-14-18)27-24(31)21-10-6-5-9-19(21)17-33-26-28-22-11-7-8-12-23(22)29-26/h5-16H,3-4,17H2,1-2H3,(H,27,31)(H,28,29). The van der Waals surface area contributed by atoms with Gasteiger partial charge in [0.05, 0.1) is 11.0 Å². The van der Waals surface area contributed by atoms with Gasteiger partial charge in [0.15, 0.2) is 5.16 Å². The lowest BCUT2D eigenvalue weighted by atomic mass is 10.1. The van der Waals surface area contributed by atoms with Crippen molar-refractivity contribution in [3.63, 3.8) is 0 Å². The highest BCUT2D eigenvalue weighted by molar-refractivity contribution is 7.98. The number of para-hydroxylation sites is 2. The van der Waals surface area contributed by atoms with Crippen LogP contribution in [-0.4, -0.2) is 39.8 Å². The molecule has 0 spiro atoms. The molecule has 2 amide bonds. The second-order valence-electron chi connectivity index (χ2n) is 7.51. The summed E-state index contributed by atoms with van der Waals surface area (Å²) < 4.78 is 0. The van der Waals surface area contributed by atoms with E-state index in [2.05, 4.69) is 15.3 Å². The summed E-state index contributed by atoms with van der Waals surface area (Å²) in [6.45, 7) is 5.24. The fourth-order valence-corrected chi connectivity index (χ4v) is 4.49. The van der Waals surface area contributed by atoms with E-state index in [1.165, 1.54) is 0 Å². The first-order chi connectivity index (χ1) is 16.1. The molecule has 0 radical (unpaired) electrons. The molecule has 1 aromatic heterocycles. The van der Waals surface area contributed by atoms with E-state index in [1.54, 1.807) is 40.9 Å². The summed E-state index contributed by atoms with van der Waals surface area (Å²) >= 11 is 1.56. The molecule has 0 fully saturated rings. The Labute approximate surface area is 197 Å². The maximum atomic E-state index is 13.0. The van der Waals surface area contributed by atoms with E-state index in [-0.39, 0.29) is 11.8 Å². The third kappa shape index (κ3) is 5.26. The molecule has 1 heterocycles. The summed E-state index contributed by atoms with van der Waals surface area (Å²) in [5.41, 5.74) is 4.72. The number of benzene rings is 3. The van der Waals surface area contributed by atoms with E-state index in [0.717, 1.165) is 21.8 Å². The Bertz CT molecular complexity index is 1230. The zero-order valence-electron chi connectivity index (χ0n) is 18.7. The van der Waals surface area contributed by atoms with Gasteiger partial charge in [0, 0.05) is 35.7 Å². The van der Waals surface area contributed by atoms with Crippen LogP contribution in [0.5, 0.6) is 0 Å². The number of thioether (sulfide) groups is 1. The highest BCUT2D eigenvalue weighted by atomic mass is 32.2. The molecule has 0 bridgehead atoms. The summed E-state index contributed by atoms with van der Waals surface area (Å²) in [5.74, 6) is 0.422. The van der Waals surface area contributed by atoms with Crippen molar-refractivity contribution in [3.8, 4) is 0 Å². The second kappa shape index (κ2) is 10.4. The molecule has 0 unspecified atom stereocenters. The van der Waals surface area contributed by atoms with Crippen LogP contribution in [0.4, 0.5) is 5.69 Å². The fraction of sp³-hybridized carbons (Fsp3) is 0.192. The summed E-state index contributed by atoms with van der Waals surface area (Å²) in [6, 6.07) is 22.5. The Hall–Kier alpha value is -3.58. The van der Waals surface area contributed by atoms with Crippen LogP contribution in [0.1, 0.15) is 40.1 Å². The molecular formula is C26H26N4O2S. The number of rotatable bonds is 8. The second-order valence-corrected chi connectivity index (χ2v) is 8.48. The lowest BCUT2D eigenvalue weighted by Crippen LogP contribution is -2.30. The van der Waals surface area contributed by atoms with Gasteiger partial charge in [-0.1, -0.05) is 42.1 Å². The van der Waals surface area contributed by atoms with E-state index >= 15 is 0 Å². The molecule has 0 aliphatic heterocycles. The number of nitrogens with zero attached hydrogens (tertiary/aromatic N) is 2. The van der Waals surface area contributed by atoms with E-state index in [1.807, 2.05) is 62.4 Å². The van der Waals surface area contributed by atoms with Crippen molar-refractivity contribution in [2.24, 2.45) is 0 Å². The number of carbonyl (C=O) groups excluding carboxylic acids is 2. The predicted octanol–water partition coefficient (Wildman–Crippen LogP) is 5.59. The Morgan fingerprint density at radius 2 is 1.64 bits per heavy atom. The number of amides is 2. The SMILES string of the molecule is CCN(CC)C(=O)c1ccc(NC(=O)c2ccccc2CSc2nc3ccccc3[nH]2)cc1. The van der Waals surface area contributed by atoms with E-state index in [9.17, 15) is 9.59 Å². The minimum absolute atomic E-state index is 0.00849. The summed E-state index contributed by atoms with van der Waals surface area (Å²) in [7, 11) is 0. The molecular weight excluding hydrogens is 432 g/mol. The third-order valence-electron chi connectivity index (χ3n) is 5.43. The molecule has 4 aromatic rings. The number of fused-ring (bicyclic) bond motifs is 1. The zero-order valence-corrected chi connectivity index (χ0v) is 19.5. The molecule has 0 aliphatic carbocycles. The lowest BCUT2D eigenvalue weighted by molar-refractivity contribution is 0.0773. The molecule has 0 saturated heterocycles. The smallest absolute Gasteiger partial charge is 0.255 e. The molecule has 0 atom stereocenters. The van der Waals surface area contributed by atoms with Gasteiger partial charge in [0.25, 0.3) is 11.8 Å². The minimum Gasteiger partial charge on any atom is -0.339 e. The average Bonchev–Trinajstić information content (AvgIpc) is 3.27. The Balaban J connectivity index is 1.44. The zero-order chi connectivity index (χ0) is 23.2. The molecule has 6 nitrogen and oxygen atoms in total. The molecule has 0 saturated carbocycles. The van der Waals surface area contributed by atoms with Gasteiger partial charge >= 0.3 is 0 Å². The molecule has 3 aromatic carbocycles. The van der Waals surface area contributed by atoms with Crippen LogP contribution in [0.25, 0.3) is 11.0 Å². The summed E-state index contributed by atoms with van der Waals surface area (Å²) in [5, 5.41) is 3.76. The monoisotopic (exact) mass is 458 g/mol. The molecule has 168 valence electrons. The highest BCUT2D eigenvalue weighted by Gasteiger charge is 2.15. The van der Waals surface area contributed by atoms with Crippen molar-refractivity contribution in [2.45, 2.75) is 24.8 Å². The van der Waals surface area contributed by atoms with Gasteiger partial charge in [-0.15, -0.1) is 0 Å². The topological polar surface area (TPSA) is 78.1 Å². The number of hydrogen-bond acceptors (Lipinski definition) is 4. The van der Waals surface area contributed by atoms with Crippen molar-refractivity contribution in [2.75, 3.05) is 18.4 Å². The Morgan fingerprint density at radius 3 is 2.36 bits per heavy atom. The number of imidazole rings is 1. The number of aromatic amines is 1. The molecule has 33 heavy (non-hydrogen) atoms. The first kappa shape index (κ1) is 22.6. The Morgan fingerprint density at radius 1 is 0.939 bits per heavy atom. The molecule has 4 rings (SSSR count). The highest BCUT2D eigenvalue weighted by Crippen LogP contribution is 2.25. The van der Waals surface area contributed by atoms with Gasteiger partial charge in [0.2, 0.25) is 0 Å². The van der Waals surface area contributed by atoms with Crippen LogP contribution in [0, 0.1) is 0 Å². The molecule has 7 heteroatoms. The van der Waals surface area contributed by atoms with Crippen molar-refractivity contribution in [1.29, 1.82) is 0 Å². The van der Waals surface area contributed by atoms with Crippen LogP contribution in [0.2, 0.25) is 0 Å². The molecule has 2 N–H and O–H groups in total. The summed E-state index contributed by atoms with van der Waals surface area (Å²) in [6.07, 6.45) is 0. The first-order valence-electron chi connectivity index (χ1n) is 10.9. The largest absolute Gasteiger partial charge is 0.339 e. The van der Waals surface area contributed by atoms with E-state index in [0.29, 0.717) is 35.7 Å². The molecule has 0 aliphatic rings. The van der Waals surface area contributed by atoms with Gasteiger partial charge in [-0.3, -0.25) is 9.59 Å². The predicted molar refractivity (Wildman–Crippen MR) is 134 cm³/mol. The normalized spacial score (nSPS) is 10.8. The number of anilines is 1. The quantitative estimate of drug-likeness (QED) is 0.338.